The summed E-state index contributed by atoms with van der Waals surface area (Å²) < 4.78 is 40.4. The molecule has 2 aliphatic heterocycles. The Morgan fingerprint density at radius 2 is 2.26 bits per heavy atom. The number of rotatable bonds is 3. The molecule has 4 rings (SSSR count). The van der Waals surface area contributed by atoms with Crippen molar-refractivity contribution in [2.24, 2.45) is 0 Å². The van der Waals surface area contributed by atoms with E-state index in [4.69, 9.17) is 13.4 Å². The number of benzene rings is 1. The van der Waals surface area contributed by atoms with Gasteiger partial charge in [-0.1, -0.05) is 11.2 Å². The molecular formula is C15H16N2O5S. The van der Waals surface area contributed by atoms with E-state index in [9.17, 15) is 8.42 Å². The lowest BCUT2D eigenvalue weighted by molar-refractivity contribution is 0.176. The van der Waals surface area contributed by atoms with Gasteiger partial charge in [-0.15, -0.1) is 0 Å². The number of nitrogens with one attached hydrogen (secondary N) is 1. The van der Waals surface area contributed by atoms with Crippen LogP contribution in [-0.2, 0) is 10.1 Å². The Morgan fingerprint density at radius 3 is 3.04 bits per heavy atom. The van der Waals surface area contributed by atoms with Crippen LogP contribution in [0.5, 0.6) is 11.5 Å². The maximum absolute atomic E-state index is 12.3. The van der Waals surface area contributed by atoms with Gasteiger partial charge in [0, 0.05) is 24.1 Å². The van der Waals surface area contributed by atoms with Crippen molar-refractivity contribution in [3.63, 3.8) is 0 Å². The molecule has 2 atom stereocenters. The second kappa shape index (κ2) is 5.24. The van der Waals surface area contributed by atoms with Gasteiger partial charge in [0.1, 0.15) is 17.6 Å². The number of fused-ring (bicyclic) bond motifs is 3. The number of piperidine rings is 1. The Labute approximate surface area is 133 Å². The van der Waals surface area contributed by atoms with Gasteiger partial charge in [0.05, 0.1) is 6.20 Å². The van der Waals surface area contributed by atoms with Crippen LogP contribution in [0.25, 0.3) is 0 Å². The highest BCUT2D eigenvalue weighted by molar-refractivity contribution is 7.87. The predicted octanol–water partition coefficient (Wildman–Crippen LogP) is 1.59. The molecule has 0 radical (unpaired) electrons. The van der Waals surface area contributed by atoms with E-state index in [-0.39, 0.29) is 22.5 Å². The van der Waals surface area contributed by atoms with E-state index in [0.717, 1.165) is 31.3 Å². The van der Waals surface area contributed by atoms with Gasteiger partial charge in [-0.25, -0.2) is 0 Å². The van der Waals surface area contributed by atoms with Crippen molar-refractivity contribution in [3.8, 4) is 11.5 Å². The van der Waals surface area contributed by atoms with Crippen molar-refractivity contribution in [1.82, 2.24) is 10.5 Å². The lowest BCUT2D eigenvalue weighted by Crippen LogP contribution is -2.39. The van der Waals surface area contributed by atoms with Crippen LogP contribution in [0.2, 0.25) is 0 Å². The van der Waals surface area contributed by atoms with Crippen molar-refractivity contribution < 1.29 is 21.9 Å². The summed E-state index contributed by atoms with van der Waals surface area (Å²) in [6.45, 7) is 3.28. The van der Waals surface area contributed by atoms with Crippen LogP contribution in [0.4, 0.5) is 0 Å². The van der Waals surface area contributed by atoms with E-state index >= 15 is 0 Å². The Bertz CT molecular complexity index is 845. The summed E-state index contributed by atoms with van der Waals surface area (Å²) in [5.41, 5.74) is 1.11. The minimum absolute atomic E-state index is 0.0724. The molecule has 23 heavy (non-hydrogen) atoms. The third-order valence-electron chi connectivity index (χ3n) is 4.27. The number of hydrogen-bond donors (Lipinski definition) is 1. The number of ether oxygens (including phenoxy) is 1. The van der Waals surface area contributed by atoms with Crippen LogP contribution >= 0.6 is 0 Å². The Hall–Kier alpha value is -2.06. The standard InChI is InChI=1S/C15H16N2O5S/c1-9-15(8-17-21-9)23(18,19)22-10-2-3-11-12-4-5-16-7-14(12)20-13(11)6-10/h2-3,6,8,12,14,16H,4-5,7H2,1H3. The largest absolute Gasteiger partial charge is 0.488 e. The molecule has 0 amide bonds. The molecule has 8 heteroatoms. The molecule has 1 aromatic heterocycles. The topological polar surface area (TPSA) is 90.7 Å². The molecule has 0 aliphatic carbocycles. The summed E-state index contributed by atoms with van der Waals surface area (Å²) in [6, 6.07) is 5.18. The molecule has 0 saturated carbocycles. The smallest absolute Gasteiger partial charge is 0.344 e. The minimum Gasteiger partial charge on any atom is -0.488 e. The highest BCUT2D eigenvalue weighted by Crippen LogP contribution is 2.43. The number of aromatic nitrogens is 1. The van der Waals surface area contributed by atoms with E-state index < -0.39 is 10.1 Å². The van der Waals surface area contributed by atoms with E-state index in [1.165, 1.54) is 6.92 Å². The van der Waals surface area contributed by atoms with Crippen LogP contribution in [0.15, 0.2) is 33.8 Å². The van der Waals surface area contributed by atoms with Gasteiger partial charge in [0.25, 0.3) is 0 Å². The zero-order chi connectivity index (χ0) is 16.0. The molecule has 1 N–H and O–H groups in total. The molecule has 2 aliphatic rings. The normalized spacial score (nSPS) is 23.0. The number of aryl methyl sites for hydroxylation is 1. The third kappa shape index (κ3) is 2.47. The van der Waals surface area contributed by atoms with Crippen molar-refractivity contribution in [2.45, 2.75) is 30.3 Å². The number of nitrogens with zero attached hydrogens (tertiary/aromatic N) is 1. The molecule has 0 spiro atoms. The van der Waals surface area contributed by atoms with Crippen molar-refractivity contribution in [1.29, 1.82) is 0 Å². The van der Waals surface area contributed by atoms with Gasteiger partial charge >= 0.3 is 10.1 Å². The fourth-order valence-electron chi connectivity index (χ4n) is 3.15. The highest BCUT2D eigenvalue weighted by atomic mass is 32.2. The van der Waals surface area contributed by atoms with Crippen LogP contribution in [0.3, 0.4) is 0 Å². The zero-order valence-electron chi connectivity index (χ0n) is 12.5. The van der Waals surface area contributed by atoms with E-state index in [0.29, 0.717) is 11.7 Å². The fourth-order valence-corrected chi connectivity index (χ4v) is 4.16. The molecule has 3 heterocycles. The predicted molar refractivity (Wildman–Crippen MR) is 80.1 cm³/mol. The van der Waals surface area contributed by atoms with Crippen LogP contribution in [-0.4, -0.2) is 32.8 Å². The summed E-state index contributed by atoms with van der Waals surface area (Å²) in [5.74, 6) is 1.46. The maximum atomic E-state index is 12.3. The van der Waals surface area contributed by atoms with Gasteiger partial charge in [0.15, 0.2) is 10.7 Å². The summed E-state index contributed by atoms with van der Waals surface area (Å²) in [5, 5.41) is 6.77. The SMILES string of the molecule is Cc1oncc1S(=O)(=O)Oc1ccc2c(c1)OC1CNCCC21. The van der Waals surface area contributed by atoms with Gasteiger partial charge in [-0.2, -0.15) is 8.42 Å². The molecule has 2 unspecified atom stereocenters. The molecule has 7 nitrogen and oxygen atoms in total. The second-order valence-electron chi connectivity index (χ2n) is 5.74. The first kappa shape index (κ1) is 14.5. The van der Waals surface area contributed by atoms with Crippen LogP contribution in [0, 0.1) is 6.92 Å². The van der Waals surface area contributed by atoms with E-state index in [2.05, 4.69) is 10.5 Å². The lowest BCUT2D eigenvalue weighted by atomic mass is 9.90. The monoisotopic (exact) mass is 336 g/mol. The first-order chi connectivity index (χ1) is 11.0. The summed E-state index contributed by atoms with van der Waals surface area (Å²) >= 11 is 0. The molecule has 1 aromatic carbocycles. The minimum atomic E-state index is -3.97. The lowest BCUT2D eigenvalue weighted by Gasteiger charge is -2.24. The van der Waals surface area contributed by atoms with Crippen molar-refractivity contribution in [2.75, 3.05) is 13.1 Å². The first-order valence-electron chi connectivity index (χ1n) is 7.42. The Kier molecular flexibility index (Phi) is 3.31. The zero-order valence-corrected chi connectivity index (χ0v) is 13.3. The molecule has 1 fully saturated rings. The Balaban J connectivity index is 1.62. The van der Waals surface area contributed by atoms with Crippen LogP contribution < -0.4 is 14.2 Å². The summed E-state index contributed by atoms with van der Waals surface area (Å²) in [6.07, 6.45) is 2.25. The molecule has 122 valence electrons. The first-order valence-corrected chi connectivity index (χ1v) is 8.82. The van der Waals surface area contributed by atoms with Crippen LogP contribution in [0.1, 0.15) is 23.7 Å². The summed E-state index contributed by atoms with van der Waals surface area (Å²) in [4.78, 5) is -0.0724. The van der Waals surface area contributed by atoms with Crippen molar-refractivity contribution >= 4 is 10.1 Å². The third-order valence-corrected chi connectivity index (χ3v) is 5.61. The average molecular weight is 336 g/mol. The molecule has 2 aromatic rings. The van der Waals surface area contributed by atoms with Gasteiger partial charge in [-0.05, 0) is 26.0 Å². The summed E-state index contributed by atoms with van der Waals surface area (Å²) in [7, 11) is -3.97. The van der Waals surface area contributed by atoms with E-state index in [1.807, 2.05) is 6.07 Å². The van der Waals surface area contributed by atoms with Gasteiger partial charge < -0.3 is 18.8 Å². The van der Waals surface area contributed by atoms with E-state index in [1.54, 1.807) is 12.1 Å². The van der Waals surface area contributed by atoms with Crippen molar-refractivity contribution in [3.05, 3.63) is 35.7 Å². The fraction of sp³-hybridized carbons (Fsp3) is 0.400. The quantitative estimate of drug-likeness (QED) is 0.851. The number of hydrogen-bond acceptors (Lipinski definition) is 7. The maximum Gasteiger partial charge on any atom is 0.344 e. The molecule has 0 bridgehead atoms. The van der Waals surface area contributed by atoms with Gasteiger partial charge in [-0.3, -0.25) is 0 Å². The average Bonchev–Trinajstić information content (AvgIpc) is 3.10. The highest BCUT2D eigenvalue weighted by Gasteiger charge is 2.36. The molecular weight excluding hydrogens is 320 g/mol. The van der Waals surface area contributed by atoms with Gasteiger partial charge in [0.2, 0.25) is 0 Å². The molecule has 1 saturated heterocycles. The second-order valence-corrected chi connectivity index (χ2v) is 7.25. The Morgan fingerprint density at radius 1 is 1.39 bits per heavy atom.